The van der Waals surface area contributed by atoms with Gasteiger partial charge in [0.1, 0.15) is 5.82 Å². The van der Waals surface area contributed by atoms with Crippen molar-refractivity contribution in [3.05, 3.63) is 35.6 Å². The maximum atomic E-state index is 12.7. The summed E-state index contributed by atoms with van der Waals surface area (Å²) in [6.07, 6.45) is 0. The number of ketones is 1. The van der Waals surface area contributed by atoms with E-state index in [2.05, 4.69) is 0 Å². The van der Waals surface area contributed by atoms with Gasteiger partial charge in [0.05, 0.1) is 6.61 Å². The number of carbonyl (C=O) groups is 1. The smallest absolute Gasteiger partial charge is 0.166 e. The third kappa shape index (κ3) is 4.24. The number of hydrogen-bond donors (Lipinski definition) is 1. The highest BCUT2D eigenvalue weighted by Gasteiger charge is 2.16. The zero-order valence-corrected chi connectivity index (χ0v) is 10.2. The second-order valence-electron chi connectivity index (χ2n) is 4.26. The van der Waals surface area contributed by atoms with E-state index in [1.807, 2.05) is 18.9 Å². The maximum Gasteiger partial charge on any atom is 0.166 e. The lowest BCUT2D eigenvalue weighted by Crippen LogP contribution is -2.30. The summed E-state index contributed by atoms with van der Waals surface area (Å²) in [6.45, 7) is 3.03. The summed E-state index contributed by atoms with van der Waals surface area (Å²) in [5.74, 6) is -0.515. The van der Waals surface area contributed by atoms with Crippen molar-refractivity contribution in [3.8, 4) is 0 Å². The summed E-state index contributed by atoms with van der Waals surface area (Å²) in [7, 11) is 1.85. The second kappa shape index (κ2) is 6.47. The molecule has 0 aliphatic carbocycles. The number of likely N-dealkylation sites (N-methyl/N-ethyl adjacent to an activating group) is 1. The van der Waals surface area contributed by atoms with Crippen molar-refractivity contribution < 1.29 is 14.3 Å². The van der Waals surface area contributed by atoms with Crippen molar-refractivity contribution in [2.24, 2.45) is 5.92 Å². The molecule has 1 aromatic carbocycles. The van der Waals surface area contributed by atoms with E-state index in [1.54, 1.807) is 0 Å². The van der Waals surface area contributed by atoms with Gasteiger partial charge in [-0.15, -0.1) is 0 Å². The molecule has 0 saturated carbocycles. The van der Waals surface area contributed by atoms with Gasteiger partial charge in [0.15, 0.2) is 5.78 Å². The molecule has 3 nitrogen and oxygen atoms in total. The lowest BCUT2D eigenvalue weighted by molar-refractivity contribution is 0.0895. The van der Waals surface area contributed by atoms with Crippen LogP contribution in [0.25, 0.3) is 0 Å². The topological polar surface area (TPSA) is 40.5 Å². The Morgan fingerprint density at radius 1 is 1.41 bits per heavy atom. The Balaban J connectivity index is 2.60. The molecule has 0 heterocycles. The minimum Gasteiger partial charge on any atom is -0.395 e. The number of carbonyl (C=O) groups excluding carboxylic acids is 1. The summed E-state index contributed by atoms with van der Waals surface area (Å²) < 4.78 is 12.7. The highest BCUT2D eigenvalue weighted by molar-refractivity contribution is 5.97. The molecule has 0 aliphatic heterocycles. The van der Waals surface area contributed by atoms with Crippen molar-refractivity contribution in [2.45, 2.75) is 6.92 Å². The number of aliphatic hydroxyl groups is 1. The average Bonchev–Trinajstić information content (AvgIpc) is 2.29. The molecule has 1 atom stereocenters. The van der Waals surface area contributed by atoms with Gasteiger partial charge in [-0.3, -0.25) is 4.79 Å². The third-order valence-electron chi connectivity index (χ3n) is 2.64. The molecule has 0 fully saturated rings. The van der Waals surface area contributed by atoms with E-state index in [1.165, 1.54) is 24.3 Å². The minimum atomic E-state index is -0.341. The number of nitrogens with zero attached hydrogens (tertiary/aromatic N) is 1. The molecule has 1 N–H and O–H groups in total. The monoisotopic (exact) mass is 239 g/mol. The number of hydrogen-bond acceptors (Lipinski definition) is 3. The van der Waals surface area contributed by atoms with E-state index in [9.17, 15) is 9.18 Å². The van der Waals surface area contributed by atoms with Gasteiger partial charge in [-0.2, -0.15) is 0 Å². The number of Topliss-reactive ketones (excluding diaryl/α,β-unsaturated/α-hetero) is 1. The summed E-state index contributed by atoms with van der Waals surface area (Å²) >= 11 is 0. The largest absolute Gasteiger partial charge is 0.395 e. The van der Waals surface area contributed by atoms with E-state index in [4.69, 9.17) is 5.11 Å². The highest BCUT2D eigenvalue weighted by Crippen LogP contribution is 2.10. The lowest BCUT2D eigenvalue weighted by atomic mass is 9.99. The quantitative estimate of drug-likeness (QED) is 0.766. The molecule has 0 saturated heterocycles. The Kier molecular flexibility index (Phi) is 5.25. The third-order valence-corrected chi connectivity index (χ3v) is 2.64. The number of halogens is 1. The van der Waals surface area contributed by atoms with Gasteiger partial charge in [0.25, 0.3) is 0 Å². The molecule has 1 aromatic rings. The molecule has 17 heavy (non-hydrogen) atoms. The molecule has 0 spiro atoms. The lowest BCUT2D eigenvalue weighted by Gasteiger charge is -2.19. The first-order chi connectivity index (χ1) is 8.04. The van der Waals surface area contributed by atoms with Gasteiger partial charge in [0, 0.05) is 24.6 Å². The maximum absolute atomic E-state index is 12.7. The van der Waals surface area contributed by atoms with Gasteiger partial charge < -0.3 is 10.0 Å². The van der Waals surface area contributed by atoms with Crippen LogP contribution < -0.4 is 0 Å². The fourth-order valence-electron chi connectivity index (χ4n) is 1.71. The SMILES string of the molecule is CC(CN(C)CCO)C(=O)c1ccc(F)cc1. The standard InChI is InChI=1S/C13H18FNO2/c1-10(9-15(2)7-8-16)13(17)11-3-5-12(14)6-4-11/h3-6,10,16H,7-9H2,1-2H3. The molecule has 0 aromatic heterocycles. The summed E-state index contributed by atoms with van der Waals surface area (Å²) in [6, 6.07) is 5.58. The molecular formula is C13H18FNO2. The normalized spacial score (nSPS) is 12.8. The van der Waals surface area contributed by atoms with Crippen LogP contribution in [-0.4, -0.2) is 42.5 Å². The average molecular weight is 239 g/mol. The minimum absolute atomic E-state index is 0.00482. The van der Waals surface area contributed by atoms with Crippen LogP contribution in [0.2, 0.25) is 0 Å². The Morgan fingerprint density at radius 2 is 2.00 bits per heavy atom. The molecule has 4 heteroatoms. The summed E-state index contributed by atoms with van der Waals surface area (Å²) in [5.41, 5.74) is 0.524. The van der Waals surface area contributed by atoms with Crippen LogP contribution in [0.1, 0.15) is 17.3 Å². The number of aliphatic hydroxyl groups excluding tert-OH is 1. The van der Waals surface area contributed by atoms with E-state index < -0.39 is 0 Å². The Hall–Kier alpha value is -1.26. The van der Waals surface area contributed by atoms with Crippen molar-refractivity contribution >= 4 is 5.78 Å². The number of benzene rings is 1. The van der Waals surface area contributed by atoms with Gasteiger partial charge in [-0.05, 0) is 31.3 Å². The van der Waals surface area contributed by atoms with Crippen LogP contribution in [0, 0.1) is 11.7 Å². The van der Waals surface area contributed by atoms with E-state index in [-0.39, 0.29) is 24.1 Å². The van der Waals surface area contributed by atoms with Gasteiger partial charge >= 0.3 is 0 Å². The molecule has 0 radical (unpaired) electrons. The highest BCUT2D eigenvalue weighted by atomic mass is 19.1. The molecule has 1 unspecified atom stereocenters. The fraction of sp³-hybridized carbons (Fsp3) is 0.462. The van der Waals surface area contributed by atoms with Crippen LogP contribution in [0.3, 0.4) is 0 Å². The van der Waals surface area contributed by atoms with Crippen LogP contribution in [0.4, 0.5) is 4.39 Å². The van der Waals surface area contributed by atoms with Gasteiger partial charge in [0.2, 0.25) is 0 Å². The molecule has 0 aliphatic rings. The predicted octanol–water partition coefficient (Wildman–Crippen LogP) is 1.57. The van der Waals surface area contributed by atoms with Crippen LogP contribution >= 0.6 is 0 Å². The zero-order valence-electron chi connectivity index (χ0n) is 10.2. The van der Waals surface area contributed by atoms with Crippen molar-refractivity contribution in [2.75, 3.05) is 26.7 Å². The van der Waals surface area contributed by atoms with Crippen molar-refractivity contribution in [3.63, 3.8) is 0 Å². The van der Waals surface area contributed by atoms with Crippen LogP contribution in [-0.2, 0) is 0 Å². The first kappa shape index (κ1) is 13.8. The Bertz CT molecular complexity index is 364. The van der Waals surface area contributed by atoms with Crippen LogP contribution in [0.5, 0.6) is 0 Å². The molecule has 0 bridgehead atoms. The molecule has 1 rings (SSSR count). The Morgan fingerprint density at radius 3 is 2.53 bits per heavy atom. The second-order valence-corrected chi connectivity index (χ2v) is 4.26. The Labute approximate surface area is 101 Å². The van der Waals surface area contributed by atoms with Gasteiger partial charge in [-0.25, -0.2) is 4.39 Å². The molecule has 94 valence electrons. The zero-order chi connectivity index (χ0) is 12.8. The van der Waals surface area contributed by atoms with E-state index in [0.717, 1.165) is 0 Å². The van der Waals surface area contributed by atoms with E-state index >= 15 is 0 Å². The van der Waals surface area contributed by atoms with Crippen LogP contribution in [0.15, 0.2) is 24.3 Å². The fourth-order valence-corrected chi connectivity index (χ4v) is 1.71. The number of rotatable bonds is 6. The first-order valence-corrected chi connectivity index (χ1v) is 5.63. The molecule has 0 amide bonds. The predicted molar refractivity (Wildman–Crippen MR) is 64.5 cm³/mol. The first-order valence-electron chi connectivity index (χ1n) is 5.63. The summed E-state index contributed by atoms with van der Waals surface area (Å²) in [4.78, 5) is 13.9. The molecular weight excluding hydrogens is 221 g/mol. The van der Waals surface area contributed by atoms with Crippen molar-refractivity contribution in [1.29, 1.82) is 0 Å². The van der Waals surface area contributed by atoms with Gasteiger partial charge in [-0.1, -0.05) is 6.92 Å². The van der Waals surface area contributed by atoms with E-state index in [0.29, 0.717) is 18.7 Å². The summed E-state index contributed by atoms with van der Waals surface area (Å²) in [5, 5.41) is 8.77. The van der Waals surface area contributed by atoms with Crippen molar-refractivity contribution in [1.82, 2.24) is 4.90 Å².